The summed E-state index contributed by atoms with van der Waals surface area (Å²) in [6.07, 6.45) is -3.58. The molecule has 0 unspecified atom stereocenters. The Bertz CT molecular complexity index is 1150. The lowest BCUT2D eigenvalue weighted by Crippen LogP contribution is -2.37. The molecule has 0 saturated carbocycles. The van der Waals surface area contributed by atoms with Crippen molar-refractivity contribution in [2.45, 2.75) is 6.18 Å². The van der Waals surface area contributed by atoms with Crippen LogP contribution in [0.2, 0.25) is 0 Å². The van der Waals surface area contributed by atoms with Gasteiger partial charge in [-0.2, -0.15) is 23.4 Å². The molecule has 0 radical (unpaired) electrons. The molecule has 0 atom stereocenters. The number of aromatic nitrogens is 3. The van der Waals surface area contributed by atoms with Crippen molar-refractivity contribution >= 4 is 23.3 Å². The van der Waals surface area contributed by atoms with Crippen molar-refractivity contribution in [3.05, 3.63) is 53.7 Å². The zero-order valence-corrected chi connectivity index (χ0v) is 16.7. The number of hydrogen-bond acceptors (Lipinski definition) is 8. The summed E-state index contributed by atoms with van der Waals surface area (Å²) in [5.41, 5.74) is 5.53. The number of rotatable bonds is 4. The van der Waals surface area contributed by atoms with Gasteiger partial charge >= 0.3 is 6.18 Å². The number of halogens is 3. The van der Waals surface area contributed by atoms with E-state index in [1.54, 1.807) is 24.3 Å². The molecule has 8 nitrogen and oxygen atoms in total. The number of anilines is 4. The average Bonchev–Trinajstić information content (AvgIpc) is 2.79. The predicted molar refractivity (Wildman–Crippen MR) is 112 cm³/mol. The highest BCUT2D eigenvalue weighted by Crippen LogP contribution is 2.38. The van der Waals surface area contributed by atoms with Gasteiger partial charge in [0.05, 0.1) is 36.1 Å². The Balaban J connectivity index is 1.80. The number of pyridine rings is 1. The smallest absolute Gasteiger partial charge is 0.384 e. The van der Waals surface area contributed by atoms with Crippen LogP contribution in [-0.4, -0.2) is 41.3 Å². The molecule has 4 rings (SSSR count). The van der Waals surface area contributed by atoms with Gasteiger partial charge in [-0.1, -0.05) is 0 Å². The molecule has 0 spiro atoms. The summed E-state index contributed by atoms with van der Waals surface area (Å²) in [6, 6.07) is 10.9. The SMILES string of the molecule is N#Cc1ccc(Nc2cc(-c3cnc(N)cc3C(F)(F)F)nc(N3CCOCC3)n2)cc1. The third-order valence-electron chi connectivity index (χ3n) is 4.80. The molecule has 1 aliphatic heterocycles. The third-order valence-corrected chi connectivity index (χ3v) is 4.80. The molecule has 3 heterocycles. The first-order valence-electron chi connectivity index (χ1n) is 9.65. The molecular formula is C21H18F3N7O. The van der Waals surface area contributed by atoms with Gasteiger partial charge in [0, 0.05) is 36.6 Å². The van der Waals surface area contributed by atoms with Gasteiger partial charge in [-0.25, -0.2) is 9.97 Å². The van der Waals surface area contributed by atoms with E-state index in [0.717, 1.165) is 12.3 Å². The first-order valence-corrected chi connectivity index (χ1v) is 9.65. The topological polar surface area (TPSA) is 113 Å². The van der Waals surface area contributed by atoms with Gasteiger partial charge in [-0.3, -0.25) is 0 Å². The summed E-state index contributed by atoms with van der Waals surface area (Å²) in [5, 5.41) is 12.0. The van der Waals surface area contributed by atoms with Gasteiger partial charge in [-0.05, 0) is 30.3 Å². The summed E-state index contributed by atoms with van der Waals surface area (Å²) in [6.45, 7) is 1.93. The highest BCUT2D eigenvalue weighted by molar-refractivity contribution is 5.71. The van der Waals surface area contributed by atoms with E-state index in [2.05, 4.69) is 20.3 Å². The van der Waals surface area contributed by atoms with E-state index in [-0.39, 0.29) is 23.0 Å². The summed E-state index contributed by atoms with van der Waals surface area (Å²) < 4.78 is 46.4. The summed E-state index contributed by atoms with van der Waals surface area (Å²) in [7, 11) is 0. The lowest BCUT2D eigenvalue weighted by atomic mass is 10.1. The first-order chi connectivity index (χ1) is 15.3. The standard InChI is InChI=1S/C21H18F3N7O/c22-21(23,24)16-9-18(26)27-12-15(16)17-10-19(28-14-3-1-13(11-25)2-4-14)30-20(29-17)31-5-7-32-8-6-31/h1-4,9-10,12H,5-8H2,(H2,26,27)(H,28,29,30). The minimum Gasteiger partial charge on any atom is -0.384 e. The van der Waals surface area contributed by atoms with E-state index in [9.17, 15) is 13.2 Å². The zero-order chi connectivity index (χ0) is 22.7. The molecule has 1 aliphatic rings. The van der Waals surface area contributed by atoms with E-state index in [0.29, 0.717) is 43.4 Å². The molecule has 11 heteroatoms. The van der Waals surface area contributed by atoms with Crippen LogP contribution in [0.4, 0.5) is 36.4 Å². The molecule has 1 fully saturated rings. The Morgan fingerprint density at radius 2 is 1.81 bits per heavy atom. The fourth-order valence-corrected chi connectivity index (χ4v) is 3.23. The number of ether oxygens (including phenoxy) is 1. The summed E-state index contributed by atoms with van der Waals surface area (Å²) >= 11 is 0. The molecule has 1 aromatic carbocycles. The van der Waals surface area contributed by atoms with Crippen molar-refractivity contribution in [2.75, 3.05) is 42.3 Å². The van der Waals surface area contributed by atoms with Crippen molar-refractivity contribution in [2.24, 2.45) is 0 Å². The van der Waals surface area contributed by atoms with E-state index in [1.807, 2.05) is 11.0 Å². The van der Waals surface area contributed by atoms with Crippen LogP contribution in [-0.2, 0) is 10.9 Å². The Kier molecular flexibility index (Phi) is 5.79. The minimum absolute atomic E-state index is 0.0532. The number of nitrogens with one attached hydrogen (secondary N) is 1. The molecular weight excluding hydrogens is 423 g/mol. The third kappa shape index (κ3) is 4.70. The van der Waals surface area contributed by atoms with Crippen LogP contribution >= 0.6 is 0 Å². The van der Waals surface area contributed by atoms with E-state index >= 15 is 0 Å². The average molecular weight is 441 g/mol. The Labute approximate surface area is 181 Å². The van der Waals surface area contributed by atoms with E-state index in [4.69, 9.17) is 15.7 Å². The number of benzene rings is 1. The lowest BCUT2D eigenvalue weighted by molar-refractivity contribution is -0.137. The Hall–Kier alpha value is -3.91. The maximum Gasteiger partial charge on any atom is 0.417 e. The molecule has 1 saturated heterocycles. The normalized spacial score (nSPS) is 14.1. The van der Waals surface area contributed by atoms with Crippen molar-refractivity contribution < 1.29 is 17.9 Å². The van der Waals surface area contributed by atoms with Gasteiger partial charge in [0.25, 0.3) is 0 Å². The van der Waals surface area contributed by atoms with Gasteiger partial charge in [-0.15, -0.1) is 0 Å². The number of nitriles is 1. The molecule has 3 N–H and O–H groups in total. The maximum absolute atomic E-state index is 13.7. The summed E-state index contributed by atoms with van der Waals surface area (Å²) in [4.78, 5) is 14.6. The van der Waals surface area contributed by atoms with Crippen molar-refractivity contribution in [1.82, 2.24) is 15.0 Å². The van der Waals surface area contributed by atoms with E-state index < -0.39 is 11.7 Å². The molecule has 2 aromatic heterocycles. The second-order valence-corrected chi connectivity index (χ2v) is 7.00. The van der Waals surface area contributed by atoms with Crippen molar-refractivity contribution in [3.8, 4) is 17.3 Å². The van der Waals surface area contributed by atoms with Crippen LogP contribution in [0.25, 0.3) is 11.3 Å². The van der Waals surface area contributed by atoms with Crippen LogP contribution in [0, 0.1) is 11.3 Å². The Morgan fingerprint density at radius 3 is 2.47 bits per heavy atom. The van der Waals surface area contributed by atoms with Crippen LogP contribution in [0.3, 0.4) is 0 Å². The second kappa shape index (κ2) is 8.68. The first kappa shape index (κ1) is 21.3. The van der Waals surface area contributed by atoms with Crippen LogP contribution in [0.5, 0.6) is 0 Å². The van der Waals surface area contributed by atoms with Crippen LogP contribution < -0.4 is 16.0 Å². The monoisotopic (exact) mass is 441 g/mol. The molecule has 0 bridgehead atoms. The van der Waals surface area contributed by atoms with E-state index in [1.165, 1.54) is 6.07 Å². The van der Waals surface area contributed by atoms with Gasteiger partial charge in [0.1, 0.15) is 11.6 Å². The zero-order valence-electron chi connectivity index (χ0n) is 16.7. The molecule has 32 heavy (non-hydrogen) atoms. The maximum atomic E-state index is 13.7. The quantitative estimate of drug-likeness (QED) is 0.632. The molecule has 0 aliphatic carbocycles. The number of nitrogens with zero attached hydrogens (tertiary/aromatic N) is 5. The highest BCUT2D eigenvalue weighted by Gasteiger charge is 2.35. The number of alkyl halides is 3. The van der Waals surface area contributed by atoms with Gasteiger partial charge in [0.2, 0.25) is 5.95 Å². The van der Waals surface area contributed by atoms with Gasteiger partial charge in [0.15, 0.2) is 0 Å². The number of morpholine rings is 1. The Morgan fingerprint density at radius 1 is 1.09 bits per heavy atom. The van der Waals surface area contributed by atoms with Crippen molar-refractivity contribution in [1.29, 1.82) is 5.26 Å². The minimum atomic E-state index is -4.64. The summed E-state index contributed by atoms with van der Waals surface area (Å²) in [5.74, 6) is 0.331. The second-order valence-electron chi connectivity index (χ2n) is 7.00. The fraction of sp³-hybridized carbons (Fsp3) is 0.238. The highest BCUT2D eigenvalue weighted by atomic mass is 19.4. The molecule has 3 aromatic rings. The van der Waals surface area contributed by atoms with Crippen LogP contribution in [0.15, 0.2) is 42.6 Å². The fourth-order valence-electron chi connectivity index (χ4n) is 3.23. The van der Waals surface area contributed by atoms with Crippen molar-refractivity contribution in [3.63, 3.8) is 0 Å². The van der Waals surface area contributed by atoms with Gasteiger partial charge < -0.3 is 20.7 Å². The molecule has 0 amide bonds. The number of nitrogens with two attached hydrogens (primary N) is 1. The number of hydrogen-bond donors (Lipinski definition) is 2. The predicted octanol–water partition coefficient (Wildman–Crippen LogP) is 3.59. The molecule has 164 valence electrons. The lowest BCUT2D eigenvalue weighted by Gasteiger charge is -2.27. The van der Waals surface area contributed by atoms with Crippen LogP contribution in [0.1, 0.15) is 11.1 Å². The number of nitrogen functional groups attached to an aromatic ring is 1. The largest absolute Gasteiger partial charge is 0.417 e.